The zero-order chi connectivity index (χ0) is 51.0. The third kappa shape index (κ3) is 9.40. The lowest BCUT2D eigenvalue weighted by Crippen LogP contribution is -2.73. The van der Waals surface area contributed by atoms with Crippen LogP contribution in [0.4, 0.5) is 0 Å². The fraction of sp³-hybridized carbons (Fsp3) is 0.411. The van der Waals surface area contributed by atoms with Crippen molar-refractivity contribution in [3.63, 3.8) is 0 Å². The largest absolute Gasteiger partial charge is 0.458 e. The second-order valence-corrected chi connectivity index (χ2v) is 19.8. The molecule has 4 aliphatic rings. The van der Waals surface area contributed by atoms with Gasteiger partial charge < -0.3 is 39.2 Å². The first kappa shape index (κ1) is 50.4. The number of carbonyl (C=O) groups is 7. The molecular weight excluding hydrogens is 911 g/mol. The summed E-state index contributed by atoms with van der Waals surface area (Å²) in [6.45, 7) is 8.71. The number of ether oxygens (including phenoxy) is 5. The predicted octanol–water partition coefficient (Wildman–Crippen LogP) is 6.86. The van der Waals surface area contributed by atoms with Crippen molar-refractivity contribution in [3.8, 4) is 0 Å². The van der Waals surface area contributed by atoms with Crippen LogP contribution in [0, 0.1) is 29.1 Å². The molecule has 2 unspecified atom stereocenters. The van der Waals surface area contributed by atoms with E-state index in [9.17, 15) is 39.0 Å². The molecule has 15 heteroatoms. The molecule has 3 fully saturated rings. The second-order valence-electron chi connectivity index (χ2n) is 19.8. The van der Waals surface area contributed by atoms with E-state index in [2.05, 4.69) is 5.32 Å². The molecule has 3 N–H and O–H groups in total. The Morgan fingerprint density at radius 2 is 1.25 bits per heavy atom. The highest BCUT2D eigenvalue weighted by molar-refractivity contribution is 5.95. The molecule has 1 amide bonds. The van der Waals surface area contributed by atoms with E-state index in [-0.39, 0.29) is 40.7 Å². The summed E-state index contributed by atoms with van der Waals surface area (Å²) in [6.07, 6.45) is -7.91. The molecule has 372 valence electrons. The van der Waals surface area contributed by atoms with Gasteiger partial charge in [0.2, 0.25) is 0 Å². The summed E-state index contributed by atoms with van der Waals surface area (Å²) in [5, 5.41) is 28.9. The van der Waals surface area contributed by atoms with Crippen LogP contribution in [0.1, 0.15) is 110 Å². The van der Waals surface area contributed by atoms with E-state index in [0.29, 0.717) is 12.0 Å². The van der Waals surface area contributed by atoms with E-state index in [1.165, 1.54) is 19.1 Å². The highest BCUT2D eigenvalue weighted by Gasteiger charge is 2.73. The van der Waals surface area contributed by atoms with Gasteiger partial charge in [0.25, 0.3) is 5.91 Å². The first-order valence-electron chi connectivity index (χ1n) is 23.9. The number of benzene rings is 4. The highest BCUT2D eigenvalue weighted by atomic mass is 16.6. The SMILES string of the molecule is CC(=O)O[C@H]1C(=O)[C@@H](C)C2C([C@H](OC(=O)c3ccccc3)[C@]3(O)C[C@H](OC(=O)[C@H](O)[C@@H](NC(=O)c4ccccc4)c4ccccc4)C(C)=C1C3(C)C)[C@]1(OC(C)=O)CC[C@@H]1C[C@@H]2OC(=O)c1ccccc1. The molecule has 2 bridgehead atoms. The van der Waals surface area contributed by atoms with Gasteiger partial charge in [-0.2, -0.15) is 0 Å². The number of Topliss-reactive ketones (excluding diaryl/α,β-unsaturated/α-hetero) is 1. The Morgan fingerprint density at radius 3 is 1.77 bits per heavy atom. The first-order valence-corrected chi connectivity index (χ1v) is 23.9. The lowest BCUT2D eigenvalue weighted by Gasteiger charge is -2.64. The van der Waals surface area contributed by atoms with Gasteiger partial charge >= 0.3 is 29.8 Å². The molecule has 71 heavy (non-hydrogen) atoms. The Labute approximate surface area is 411 Å². The van der Waals surface area contributed by atoms with Gasteiger partial charge in [-0.25, -0.2) is 14.4 Å². The summed E-state index contributed by atoms with van der Waals surface area (Å²) < 4.78 is 31.7. The van der Waals surface area contributed by atoms with Crippen molar-refractivity contribution >= 4 is 41.5 Å². The van der Waals surface area contributed by atoms with Gasteiger partial charge in [0.15, 0.2) is 18.0 Å². The Balaban J connectivity index is 1.31. The van der Waals surface area contributed by atoms with E-state index >= 15 is 4.79 Å². The number of hydrogen-bond donors (Lipinski definition) is 3. The molecule has 4 aromatic carbocycles. The molecular formula is C56H59NO14. The van der Waals surface area contributed by atoms with Crippen molar-refractivity contribution < 1.29 is 67.5 Å². The number of hydrogen-bond acceptors (Lipinski definition) is 14. The molecule has 0 aromatic heterocycles. The summed E-state index contributed by atoms with van der Waals surface area (Å²) in [4.78, 5) is 99.2. The normalized spacial score (nSPS) is 29.3. The van der Waals surface area contributed by atoms with Crippen molar-refractivity contribution in [2.45, 2.75) is 115 Å². The number of fused-ring (bicyclic) bond motifs is 5. The minimum atomic E-state index is -2.41. The molecule has 0 spiro atoms. The first-order chi connectivity index (χ1) is 33.8. The minimum absolute atomic E-state index is 0.0338. The van der Waals surface area contributed by atoms with Gasteiger partial charge in [0, 0.05) is 54.9 Å². The Morgan fingerprint density at radius 1 is 0.718 bits per heavy atom. The topological polar surface area (TPSA) is 218 Å². The van der Waals surface area contributed by atoms with Gasteiger partial charge in [-0.05, 0) is 79.3 Å². The molecule has 0 heterocycles. The summed E-state index contributed by atoms with van der Waals surface area (Å²) in [6, 6.07) is 31.4. The highest BCUT2D eigenvalue weighted by Crippen LogP contribution is 2.65. The second kappa shape index (κ2) is 20.0. The smallest absolute Gasteiger partial charge is 0.338 e. The van der Waals surface area contributed by atoms with Crippen LogP contribution in [0.3, 0.4) is 0 Å². The minimum Gasteiger partial charge on any atom is -0.458 e. The summed E-state index contributed by atoms with van der Waals surface area (Å²) in [5.41, 5.74) is -4.46. The Hall–Kier alpha value is -6.97. The lowest BCUT2D eigenvalue weighted by molar-refractivity contribution is -0.280. The quantitative estimate of drug-likeness (QED) is 0.0751. The molecule has 0 saturated heterocycles. The number of carbonyl (C=O) groups excluding carboxylic acids is 7. The zero-order valence-electron chi connectivity index (χ0n) is 40.4. The molecule has 0 radical (unpaired) electrons. The van der Waals surface area contributed by atoms with Crippen LogP contribution in [0.15, 0.2) is 132 Å². The van der Waals surface area contributed by atoms with Crippen molar-refractivity contribution in [1.29, 1.82) is 0 Å². The summed E-state index contributed by atoms with van der Waals surface area (Å²) >= 11 is 0. The van der Waals surface area contributed by atoms with Gasteiger partial charge in [-0.3, -0.25) is 19.2 Å². The summed E-state index contributed by atoms with van der Waals surface area (Å²) in [7, 11) is 0. The van der Waals surface area contributed by atoms with E-state index in [4.69, 9.17) is 23.7 Å². The van der Waals surface area contributed by atoms with Crippen molar-refractivity contribution in [1.82, 2.24) is 5.32 Å². The van der Waals surface area contributed by atoms with Crippen LogP contribution >= 0.6 is 0 Å². The summed E-state index contributed by atoms with van der Waals surface area (Å²) in [5.74, 6) is -9.84. The molecule has 4 aromatic rings. The molecule has 12 atom stereocenters. The number of nitrogens with one attached hydrogen (secondary N) is 1. The van der Waals surface area contributed by atoms with E-state index in [1.54, 1.807) is 137 Å². The fourth-order valence-corrected chi connectivity index (χ4v) is 11.8. The predicted molar refractivity (Wildman–Crippen MR) is 255 cm³/mol. The third-order valence-electron chi connectivity index (χ3n) is 15.4. The van der Waals surface area contributed by atoms with E-state index < -0.39 is 125 Å². The van der Waals surface area contributed by atoms with Crippen molar-refractivity contribution in [3.05, 3.63) is 155 Å². The number of aliphatic hydroxyl groups excluding tert-OH is 1. The maximum atomic E-state index is 15.6. The third-order valence-corrected chi connectivity index (χ3v) is 15.4. The van der Waals surface area contributed by atoms with Crippen LogP contribution in [-0.4, -0.2) is 93.5 Å². The van der Waals surface area contributed by atoms with Crippen LogP contribution < -0.4 is 5.32 Å². The van der Waals surface area contributed by atoms with Crippen LogP contribution in [-0.2, 0) is 42.9 Å². The number of amides is 1. The maximum Gasteiger partial charge on any atom is 0.338 e. The Bertz CT molecular complexity index is 2710. The standard InChI is InChI=1S/C56H59NO14/c1-31-41(69-53(65)47(61)45(35-19-11-7-12-20-35)57-50(62)36-21-13-8-14-22-36)30-56(66)49(70-52(64)38-25-17-10-18-26-38)44-42(32(2)46(60)48(67-33(3)58)43(31)54(56,5)6)40(68-51(63)37-23-15-9-16-24-37)29-39-27-28-55(39,44)71-34(4)59/h7-26,32,39-42,44-45,47-49,61,66H,27-30H2,1-6H3,(H,57,62)/t32-,39+,40-,41-,42?,44?,45-,47+,48+,49-,55-,56+/m0/s1. The van der Waals surface area contributed by atoms with Gasteiger partial charge in [0.05, 0.1) is 17.2 Å². The van der Waals surface area contributed by atoms with E-state index in [0.717, 1.165) is 6.92 Å². The zero-order valence-corrected chi connectivity index (χ0v) is 40.4. The lowest BCUT2D eigenvalue weighted by atomic mass is 9.47. The Kier molecular flexibility index (Phi) is 14.2. The molecule has 8 rings (SSSR count). The molecule has 0 aliphatic heterocycles. The monoisotopic (exact) mass is 969 g/mol. The molecule has 3 saturated carbocycles. The van der Waals surface area contributed by atoms with Crippen LogP contribution in [0.25, 0.3) is 0 Å². The average molecular weight is 970 g/mol. The van der Waals surface area contributed by atoms with Crippen LogP contribution in [0.5, 0.6) is 0 Å². The molecule has 15 nitrogen and oxygen atoms in total. The van der Waals surface area contributed by atoms with Crippen molar-refractivity contribution in [2.24, 2.45) is 29.1 Å². The number of rotatable bonds is 12. The van der Waals surface area contributed by atoms with Crippen molar-refractivity contribution in [2.75, 3.05) is 0 Å². The number of aliphatic hydroxyl groups is 2. The van der Waals surface area contributed by atoms with E-state index in [1.807, 2.05) is 0 Å². The average Bonchev–Trinajstić information content (AvgIpc) is 3.36. The van der Waals surface area contributed by atoms with Gasteiger partial charge in [-0.15, -0.1) is 0 Å². The maximum absolute atomic E-state index is 15.6. The van der Waals surface area contributed by atoms with Gasteiger partial charge in [-0.1, -0.05) is 106 Å². The number of esters is 5. The van der Waals surface area contributed by atoms with Crippen LogP contribution in [0.2, 0.25) is 0 Å². The number of ketones is 1. The van der Waals surface area contributed by atoms with Gasteiger partial charge in [0.1, 0.15) is 29.5 Å². The molecule has 4 aliphatic carbocycles. The fourth-order valence-electron chi connectivity index (χ4n) is 11.8.